The van der Waals surface area contributed by atoms with Gasteiger partial charge < -0.3 is 10.1 Å². The van der Waals surface area contributed by atoms with Gasteiger partial charge in [0.1, 0.15) is 0 Å². The molecule has 0 rings (SSSR count). The zero-order valence-corrected chi connectivity index (χ0v) is 8.18. The van der Waals surface area contributed by atoms with Crippen molar-refractivity contribution < 1.29 is 9.53 Å². The van der Waals surface area contributed by atoms with Crippen LogP contribution in [0.4, 0.5) is 0 Å². The minimum absolute atomic E-state index is 0.0563. The third kappa shape index (κ3) is 4.13. The Balaban J connectivity index is 4.03. The summed E-state index contributed by atoms with van der Waals surface area (Å²) < 4.78 is 5.04. The minimum atomic E-state index is 0.0563. The fourth-order valence-corrected chi connectivity index (χ4v) is 0.802. The standard InChI is InChI=1S/C9H17NO2/c1-7(12-4)5-6-9(10-3)8(2)11/h6-7,10H,5H2,1-4H3/b9-6-. The van der Waals surface area contributed by atoms with Crippen molar-refractivity contribution in [1.82, 2.24) is 5.32 Å². The number of carbonyl (C=O) groups excluding carboxylic acids is 1. The second-order valence-corrected chi connectivity index (χ2v) is 2.71. The van der Waals surface area contributed by atoms with Crippen molar-refractivity contribution in [3.63, 3.8) is 0 Å². The van der Waals surface area contributed by atoms with Gasteiger partial charge in [-0.05, 0) is 13.3 Å². The molecule has 3 heteroatoms. The van der Waals surface area contributed by atoms with Crippen LogP contribution in [0.1, 0.15) is 20.3 Å². The molecule has 0 aromatic carbocycles. The van der Waals surface area contributed by atoms with E-state index in [9.17, 15) is 4.79 Å². The smallest absolute Gasteiger partial charge is 0.175 e. The summed E-state index contributed by atoms with van der Waals surface area (Å²) in [5.74, 6) is 0.0563. The molecule has 0 aliphatic rings. The van der Waals surface area contributed by atoms with Gasteiger partial charge in [0.15, 0.2) is 5.78 Å². The molecule has 0 aliphatic heterocycles. The lowest BCUT2D eigenvalue weighted by atomic mass is 10.2. The van der Waals surface area contributed by atoms with Crippen LogP contribution in [0.5, 0.6) is 0 Å². The second-order valence-electron chi connectivity index (χ2n) is 2.71. The number of hydrogen-bond donors (Lipinski definition) is 1. The molecule has 0 bridgehead atoms. The number of hydrogen-bond acceptors (Lipinski definition) is 3. The molecule has 70 valence electrons. The fraction of sp³-hybridized carbons (Fsp3) is 0.667. The Labute approximate surface area is 73.8 Å². The van der Waals surface area contributed by atoms with Crippen LogP contribution >= 0.6 is 0 Å². The largest absolute Gasteiger partial charge is 0.386 e. The van der Waals surface area contributed by atoms with E-state index in [0.717, 1.165) is 6.42 Å². The summed E-state index contributed by atoms with van der Waals surface area (Å²) in [7, 11) is 3.40. The zero-order chi connectivity index (χ0) is 9.56. The Bertz CT molecular complexity index is 175. The lowest BCUT2D eigenvalue weighted by molar-refractivity contribution is -0.113. The van der Waals surface area contributed by atoms with E-state index in [1.54, 1.807) is 21.1 Å². The molecule has 0 amide bonds. The molecule has 3 nitrogen and oxygen atoms in total. The first-order valence-corrected chi connectivity index (χ1v) is 4.03. The highest BCUT2D eigenvalue weighted by Crippen LogP contribution is 2.00. The first kappa shape index (κ1) is 11.2. The molecule has 1 N–H and O–H groups in total. The molecule has 0 spiro atoms. The van der Waals surface area contributed by atoms with Crippen LogP contribution in [0.3, 0.4) is 0 Å². The molecule has 0 radical (unpaired) electrons. The van der Waals surface area contributed by atoms with Crippen molar-refractivity contribution in [2.24, 2.45) is 0 Å². The lowest BCUT2D eigenvalue weighted by Crippen LogP contribution is -2.14. The van der Waals surface area contributed by atoms with Crippen LogP contribution in [0.25, 0.3) is 0 Å². The summed E-state index contributed by atoms with van der Waals surface area (Å²) >= 11 is 0. The van der Waals surface area contributed by atoms with E-state index in [4.69, 9.17) is 4.74 Å². The molecule has 0 aromatic heterocycles. The van der Waals surface area contributed by atoms with Crippen molar-refractivity contribution >= 4 is 5.78 Å². The number of likely N-dealkylation sites (N-methyl/N-ethyl adjacent to an activating group) is 1. The summed E-state index contributed by atoms with van der Waals surface area (Å²) in [6.07, 6.45) is 2.77. The van der Waals surface area contributed by atoms with Crippen LogP contribution in [-0.4, -0.2) is 26.0 Å². The molecule has 1 unspecified atom stereocenters. The van der Waals surface area contributed by atoms with E-state index >= 15 is 0 Å². The SMILES string of the molecule is CN/C(=C\CC(C)OC)C(C)=O. The van der Waals surface area contributed by atoms with Gasteiger partial charge in [0.2, 0.25) is 0 Å². The Kier molecular flexibility index (Phi) is 5.37. The molecular formula is C9H17NO2. The molecule has 0 saturated carbocycles. The monoisotopic (exact) mass is 171 g/mol. The maximum Gasteiger partial charge on any atom is 0.175 e. The van der Waals surface area contributed by atoms with Crippen molar-refractivity contribution in [3.05, 3.63) is 11.8 Å². The van der Waals surface area contributed by atoms with Crippen LogP contribution in [0.15, 0.2) is 11.8 Å². The van der Waals surface area contributed by atoms with E-state index in [2.05, 4.69) is 5.32 Å². The second kappa shape index (κ2) is 5.77. The van der Waals surface area contributed by atoms with Crippen LogP contribution in [0, 0.1) is 0 Å². The quantitative estimate of drug-likeness (QED) is 0.629. The third-order valence-electron chi connectivity index (χ3n) is 1.70. The van der Waals surface area contributed by atoms with E-state index in [-0.39, 0.29) is 11.9 Å². The Morgan fingerprint density at radius 3 is 2.58 bits per heavy atom. The van der Waals surface area contributed by atoms with E-state index < -0.39 is 0 Å². The van der Waals surface area contributed by atoms with Gasteiger partial charge in [-0.25, -0.2) is 0 Å². The molecule has 12 heavy (non-hydrogen) atoms. The highest BCUT2D eigenvalue weighted by atomic mass is 16.5. The van der Waals surface area contributed by atoms with Gasteiger partial charge in [-0.3, -0.25) is 4.79 Å². The molecular weight excluding hydrogens is 154 g/mol. The number of Topliss-reactive ketones (excluding diaryl/α,β-unsaturated/α-hetero) is 1. The minimum Gasteiger partial charge on any atom is -0.386 e. The van der Waals surface area contributed by atoms with Crippen LogP contribution < -0.4 is 5.32 Å². The lowest BCUT2D eigenvalue weighted by Gasteiger charge is -2.07. The first-order chi connectivity index (χ1) is 5.61. The van der Waals surface area contributed by atoms with Gasteiger partial charge in [0.05, 0.1) is 11.8 Å². The number of rotatable bonds is 5. The normalized spacial score (nSPS) is 14.2. The topological polar surface area (TPSA) is 38.3 Å². The average Bonchev–Trinajstić information content (AvgIpc) is 2.04. The Hall–Kier alpha value is -0.830. The van der Waals surface area contributed by atoms with Gasteiger partial charge in [0, 0.05) is 21.1 Å². The van der Waals surface area contributed by atoms with Crippen LogP contribution in [-0.2, 0) is 9.53 Å². The number of allylic oxidation sites excluding steroid dienone is 1. The summed E-state index contributed by atoms with van der Waals surface area (Å²) in [4.78, 5) is 10.9. The average molecular weight is 171 g/mol. The van der Waals surface area contributed by atoms with Crippen molar-refractivity contribution in [2.75, 3.05) is 14.2 Å². The molecule has 0 aliphatic carbocycles. The van der Waals surface area contributed by atoms with Gasteiger partial charge in [-0.2, -0.15) is 0 Å². The van der Waals surface area contributed by atoms with Crippen molar-refractivity contribution in [2.45, 2.75) is 26.4 Å². The summed E-state index contributed by atoms with van der Waals surface area (Å²) in [6, 6.07) is 0. The molecule has 0 saturated heterocycles. The molecule has 1 atom stereocenters. The summed E-state index contributed by atoms with van der Waals surface area (Å²) in [6.45, 7) is 3.50. The van der Waals surface area contributed by atoms with Crippen molar-refractivity contribution in [1.29, 1.82) is 0 Å². The molecule has 0 heterocycles. The predicted octanol–water partition coefficient (Wildman–Crippen LogP) is 1.10. The number of methoxy groups -OCH3 is 1. The van der Waals surface area contributed by atoms with E-state index in [1.165, 1.54) is 0 Å². The third-order valence-corrected chi connectivity index (χ3v) is 1.70. The maximum atomic E-state index is 10.9. The highest BCUT2D eigenvalue weighted by Gasteiger charge is 2.01. The summed E-state index contributed by atoms with van der Waals surface area (Å²) in [5.41, 5.74) is 0.652. The van der Waals surface area contributed by atoms with Crippen molar-refractivity contribution in [3.8, 4) is 0 Å². The van der Waals surface area contributed by atoms with E-state index in [0.29, 0.717) is 5.70 Å². The van der Waals surface area contributed by atoms with Gasteiger partial charge in [-0.1, -0.05) is 6.08 Å². The zero-order valence-electron chi connectivity index (χ0n) is 8.18. The molecule has 0 aromatic rings. The Morgan fingerprint density at radius 2 is 2.25 bits per heavy atom. The van der Waals surface area contributed by atoms with Gasteiger partial charge in [0.25, 0.3) is 0 Å². The Morgan fingerprint density at radius 1 is 1.67 bits per heavy atom. The number of ether oxygens (including phenoxy) is 1. The first-order valence-electron chi connectivity index (χ1n) is 4.03. The number of carbonyl (C=O) groups is 1. The number of ketones is 1. The fourth-order valence-electron chi connectivity index (χ4n) is 0.802. The van der Waals surface area contributed by atoms with Gasteiger partial charge >= 0.3 is 0 Å². The predicted molar refractivity (Wildman–Crippen MR) is 48.9 cm³/mol. The van der Waals surface area contributed by atoms with Gasteiger partial charge in [-0.15, -0.1) is 0 Å². The maximum absolute atomic E-state index is 10.9. The number of nitrogens with one attached hydrogen (secondary N) is 1. The van der Waals surface area contributed by atoms with E-state index in [1.807, 2.05) is 13.0 Å². The highest BCUT2D eigenvalue weighted by molar-refractivity contribution is 5.92. The van der Waals surface area contributed by atoms with Crippen LogP contribution in [0.2, 0.25) is 0 Å². The summed E-state index contributed by atoms with van der Waals surface area (Å²) in [5, 5.41) is 2.84. The molecule has 0 fully saturated rings.